The normalized spacial score (nSPS) is 16.6. The molecule has 0 aliphatic heterocycles. The first-order chi connectivity index (χ1) is 7.88. The largest absolute Gasteiger partial charge is 0.396 e. The lowest BCUT2D eigenvalue weighted by Gasteiger charge is -2.12. The Morgan fingerprint density at radius 3 is 2.44 bits per heavy atom. The molecule has 88 valence electrons. The molecule has 1 aliphatic rings. The van der Waals surface area contributed by atoms with E-state index >= 15 is 0 Å². The Kier molecular flexibility index (Phi) is 4.23. The number of anilines is 1. The first-order valence-electron chi connectivity index (χ1n) is 6.32. The topological polar surface area (TPSA) is 32.3 Å². The summed E-state index contributed by atoms with van der Waals surface area (Å²) in [7, 11) is 0. The molecular weight excluding hydrogens is 198 g/mol. The van der Waals surface area contributed by atoms with Crippen molar-refractivity contribution in [3.8, 4) is 0 Å². The molecule has 0 amide bonds. The average molecular weight is 219 g/mol. The van der Waals surface area contributed by atoms with E-state index in [2.05, 4.69) is 29.6 Å². The van der Waals surface area contributed by atoms with E-state index in [-0.39, 0.29) is 6.61 Å². The lowest BCUT2D eigenvalue weighted by Crippen LogP contribution is -2.10. The van der Waals surface area contributed by atoms with Crippen molar-refractivity contribution in [3.05, 3.63) is 29.8 Å². The van der Waals surface area contributed by atoms with Gasteiger partial charge in [-0.1, -0.05) is 25.0 Å². The standard InChI is InChI=1S/C14H21NO/c16-10-9-12-5-7-14(8-6-12)15-11-13-3-1-2-4-13/h5-8,13,15-16H,1-4,9-11H2. The van der Waals surface area contributed by atoms with Gasteiger partial charge < -0.3 is 10.4 Å². The highest BCUT2D eigenvalue weighted by atomic mass is 16.2. The summed E-state index contributed by atoms with van der Waals surface area (Å²) in [6, 6.07) is 8.40. The molecule has 0 radical (unpaired) electrons. The van der Waals surface area contributed by atoms with Crippen LogP contribution in [0.3, 0.4) is 0 Å². The molecule has 2 nitrogen and oxygen atoms in total. The van der Waals surface area contributed by atoms with Gasteiger partial charge in [-0.25, -0.2) is 0 Å². The fraction of sp³-hybridized carbons (Fsp3) is 0.571. The predicted molar refractivity (Wildman–Crippen MR) is 67.7 cm³/mol. The molecule has 0 aromatic heterocycles. The van der Waals surface area contributed by atoms with E-state index in [0.717, 1.165) is 18.9 Å². The van der Waals surface area contributed by atoms with Gasteiger partial charge in [0.25, 0.3) is 0 Å². The van der Waals surface area contributed by atoms with Crippen molar-refractivity contribution in [3.63, 3.8) is 0 Å². The third-order valence-corrected chi connectivity index (χ3v) is 3.42. The third kappa shape index (κ3) is 3.24. The van der Waals surface area contributed by atoms with Crippen LogP contribution < -0.4 is 5.32 Å². The number of hydrogen-bond acceptors (Lipinski definition) is 2. The van der Waals surface area contributed by atoms with E-state index < -0.39 is 0 Å². The lowest BCUT2D eigenvalue weighted by atomic mass is 10.1. The minimum absolute atomic E-state index is 0.231. The second kappa shape index (κ2) is 5.90. The predicted octanol–water partition coefficient (Wildman–Crippen LogP) is 2.82. The summed E-state index contributed by atoms with van der Waals surface area (Å²) in [5.41, 5.74) is 2.41. The maximum absolute atomic E-state index is 8.82. The molecule has 1 aliphatic carbocycles. The smallest absolute Gasteiger partial charge is 0.0471 e. The molecule has 0 spiro atoms. The van der Waals surface area contributed by atoms with Gasteiger partial charge in [0.15, 0.2) is 0 Å². The fourth-order valence-electron chi connectivity index (χ4n) is 2.40. The second-order valence-electron chi connectivity index (χ2n) is 4.70. The molecule has 0 unspecified atom stereocenters. The number of aliphatic hydroxyl groups excluding tert-OH is 1. The Hall–Kier alpha value is -1.02. The molecule has 1 fully saturated rings. The number of nitrogens with one attached hydrogen (secondary N) is 1. The van der Waals surface area contributed by atoms with Gasteiger partial charge in [-0.15, -0.1) is 0 Å². The number of rotatable bonds is 5. The first kappa shape index (κ1) is 11.5. The highest BCUT2D eigenvalue weighted by molar-refractivity contribution is 5.44. The quantitative estimate of drug-likeness (QED) is 0.798. The van der Waals surface area contributed by atoms with Crippen molar-refractivity contribution < 1.29 is 5.11 Å². The van der Waals surface area contributed by atoms with E-state index in [4.69, 9.17) is 5.11 Å². The van der Waals surface area contributed by atoms with Crippen LogP contribution in [0, 0.1) is 5.92 Å². The maximum atomic E-state index is 8.82. The SMILES string of the molecule is OCCc1ccc(NCC2CCCC2)cc1. The Balaban J connectivity index is 1.80. The third-order valence-electron chi connectivity index (χ3n) is 3.42. The summed E-state index contributed by atoms with van der Waals surface area (Å²) in [5, 5.41) is 12.3. The molecule has 2 rings (SSSR count). The van der Waals surface area contributed by atoms with E-state index in [0.29, 0.717) is 0 Å². The van der Waals surface area contributed by atoms with E-state index in [1.807, 2.05) is 0 Å². The highest BCUT2D eigenvalue weighted by Gasteiger charge is 2.13. The molecule has 0 heterocycles. The van der Waals surface area contributed by atoms with E-state index in [9.17, 15) is 0 Å². The van der Waals surface area contributed by atoms with Gasteiger partial charge in [0.2, 0.25) is 0 Å². The Labute approximate surface area is 97.7 Å². The summed E-state index contributed by atoms with van der Waals surface area (Å²) in [6.45, 7) is 1.34. The van der Waals surface area contributed by atoms with Gasteiger partial charge in [0.1, 0.15) is 0 Å². The minimum atomic E-state index is 0.231. The molecule has 1 aromatic rings. The Morgan fingerprint density at radius 1 is 1.12 bits per heavy atom. The number of hydrogen-bond donors (Lipinski definition) is 2. The Morgan fingerprint density at radius 2 is 1.81 bits per heavy atom. The van der Waals surface area contributed by atoms with Gasteiger partial charge in [-0.2, -0.15) is 0 Å². The second-order valence-corrected chi connectivity index (χ2v) is 4.70. The van der Waals surface area contributed by atoms with Crippen LogP contribution in [-0.2, 0) is 6.42 Å². The van der Waals surface area contributed by atoms with Gasteiger partial charge in [-0.05, 0) is 42.9 Å². The molecule has 0 atom stereocenters. The first-order valence-corrected chi connectivity index (χ1v) is 6.32. The summed E-state index contributed by atoms with van der Waals surface area (Å²) in [4.78, 5) is 0. The number of aliphatic hydroxyl groups is 1. The molecule has 16 heavy (non-hydrogen) atoms. The van der Waals surface area contributed by atoms with Crippen LogP contribution in [0.15, 0.2) is 24.3 Å². The van der Waals surface area contributed by atoms with Crippen molar-refractivity contribution >= 4 is 5.69 Å². The molecule has 1 saturated carbocycles. The van der Waals surface area contributed by atoms with Crippen LogP contribution in [0.5, 0.6) is 0 Å². The molecule has 1 aromatic carbocycles. The zero-order chi connectivity index (χ0) is 11.2. The van der Waals surface area contributed by atoms with Crippen LogP contribution in [0.4, 0.5) is 5.69 Å². The van der Waals surface area contributed by atoms with E-state index in [1.54, 1.807) is 0 Å². The van der Waals surface area contributed by atoms with Crippen LogP contribution in [0.25, 0.3) is 0 Å². The lowest BCUT2D eigenvalue weighted by molar-refractivity contribution is 0.299. The molecule has 2 N–H and O–H groups in total. The number of benzene rings is 1. The highest BCUT2D eigenvalue weighted by Crippen LogP contribution is 2.24. The minimum Gasteiger partial charge on any atom is -0.396 e. The summed E-state index contributed by atoms with van der Waals surface area (Å²) < 4.78 is 0. The van der Waals surface area contributed by atoms with Crippen molar-refractivity contribution in [2.24, 2.45) is 5.92 Å². The van der Waals surface area contributed by atoms with Crippen molar-refractivity contribution in [2.45, 2.75) is 32.1 Å². The van der Waals surface area contributed by atoms with Gasteiger partial charge in [-0.3, -0.25) is 0 Å². The van der Waals surface area contributed by atoms with Crippen molar-refractivity contribution in [1.82, 2.24) is 0 Å². The monoisotopic (exact) mass is 219 g/mol. The average Bonchev–Trinajstić information content (AvgIpc) is 2.82. The van der Waals surface area contributed by atoms with Crippen molar-refractivity contribution in [1.29, 1.82) is 0 Å². The molecule has 0 saturated heterocycles. The summed E-state index contributed by atoms with van der Waals surface area (Å²) >= 11 is 0. The van der Waals surface area contributed by atoms with Crippen LogP contribution >= 0.6 is 0 Å². The van der Waals surface area contributed by atoms with Crippen LogP contribution in [0.2, 0.25) is 0 Å². The summed E-state index contributed by atoms with van der Waals surface area (Å²) in [6.07, 6.45) is 6.33. The zero-order valence-corrected chi connectivity index (χ0v) is 9.78. The fourth-order valence-corrected chi connectivity index (χ4v) is 2.40. The van der Waals surface area contributed by atoms with E-state index in [1.165, 1.54) is 36.9 Å². The summed E-state index contributed by atoms with van der Waals surface area (Å²) in [5.74, 6) is 0.872. The zero-order valence-electron chi connectivity index (χ0n) is 9.78. The maximum Gasteiger partial charge on any atom is 0.0471 e. The van der Waals surface area contributed by atoms with Crippen LogP contribution in [-0.4, -0.2) is 18.3 Å². The van der Waals surface area contributed by atoms with Crippen molar-refractivity contribution in [2.75, 3.05) is 18.5 Å². The van der Waals surface area contributed by atoms with Gasteiger partial charge in [0.05, 0.1) is 0 Å². The molecule has 2 heteroatoms. The van der Waals surface area contributed by atoms with Gasteiger partial charge in [0, 0.05) is 18.8 Å². The molecular formula is C14H21NO. The Bertz CT molecular complexity index is 301. The van der Waals surface area contributed by atoms with Gasteiger partial charge >= 0.3 is 0 Å². The molecule has 0 bridgehead atoms. The van der Waals surface area contributed by atoms with Crippen LogP contribution in [0.1, 0.15) is 31.2 Å².